The first-order valence-electron chi connectivity index (χ1n) is 19.0. The van der Waals surface area contributed by atoms with Gasteiger partial charge in [-0.15, -0.1) is 11.8 Å². The number of phenols is 1. The van der Waals surface area contributed by atoms with Crippen LogP contribution in [0.15, 0.2) is 54.6 Å². The van der Waals surface area contributed by atoms with Crippen molar-refractivity contribution in [1.29, 1.82) is 0 Å². The van der Waals surface area contributed by atoms with E-state index in [2.05, 4.69) is 38.3 Å². The fourth-order valence-electron chi connectivity index (χ4n) is 6.89. The zero-order valence-electron chi connectivity index (χ0n) is 31.9. The summed E-state index contributed by atoms with van der Waals surface area (Å²) in [6.07, 6.45) is 10.2. The Morgan fingerprint density at radius 2 is 1.40 bits per heavy atom. The number of β-lactam (4-membered cyclic amide) rings is 1. The van der Waals surface area contributed by atoms with Crippen LogP contribution in [0.3, 0.4) is 0 Å². The smallest absolute Gasteiger partial charge is 0.408 e. The number of hydrogen-bond donors (Lipinski definition) is 3. The van der Waals surface area contributed by atoms with Crippen LogP contribution in [-0.2, 0) is 25.7 Å². The lowest BCUT2D eigenvalue weighted by molar-refractivity contribution is -0.929. The number of aromatic hydroxyl groups is 1. The van der Waals surface area contributed by atoms with Gasteiger partial charge in [0.1, 0.15) is 29.8 Å². The Morgan fingerprint density at radius 1 is 0.885 bits per heavy atom. The first-order chi connectivity index (χ1) is 24.8. The molecule has 2 fully saturated rings. The lowest BCUT2D eigenvalue weighted by Crippen LogP contribution is -2.72. The molecule has 288 valence electrons. The Bertz CT molecular complexity index is 1420. The number of carboxylic acids is 1. The van der Waals surface area contributed by atoms with E-state index >= 15 is 0 Å². The van der Waals surface area contributed by atoms with Crippen LogP contribution in [0.2, 0.25) is 0 Å². The number of nitrogens with zero attached hydrogens (tertiary/aromatic N) is 2. The fourth-order valence-corrected chi connectivity index (χ4v) is 8.51. The third kappa shape index (κ3) is 11.4. The molecule has 2 heterocycles. The fraction of sp³-hybridized carbons (Fsp3) is 0.600. The van der Waals surface area contributed by atoms with Gasteiger partial charge in [0.2, 0.25) is 11.8 Å². The lowest BCUT2D eigenvalue weighted by atomic mass is 9.95. The molecule has 0 saturated carbocycles. The summed E-state index contributed by atoms with van der Waals surface area (Å²) in [7, 11) is 0. The van der Waals surface area contributed by atoms with Crippen molar-refractivity contribution < 1.29 is 38.6 Å². The van der Waals surface area contributed by atoms with Crippen molar-refractivity contribution in [1.82, 2.24) is 15.5 Å². The van der Waals surface area contributed by atoms with E-state index in [0.717, 1.165) is 0 Å². The molecule has 12 heteroatoms. The summed E-state index contributed by atoms with van der Waals surface area (Å²) < 4.78 is 5.80. The SMILES string of the molecule is CC1(C)S[C@@H]2[C@H](NC(=O)C(NC(=O)OCc3ccccc3O)c3ccccc3)C(=O)N2[C@H]1C(=O)[O-].CCCC[N+](CCCC)(CCCC)CCCC. The molecule has 0 spiro atoms. The van der Waals surface area contributed by atoms with Gasteiger partial charge in [0.15, 0.2) is 0 Å². The number of aliphatic carboxylic acids is 1. The molecule has 2 aliphatic heterocycles. The number of para-hydroxylation sites is 1. The standard InChI is InChI=1S/C24H25N3O7S.C16H36N/c1-24(2)18(22(31)32)27-20(30)17(21(27)35-24)25-19(29)16(13-8-4-3-5-9-13)26-23(33)34-12-14-10-6-7-11-15(14)28;1-5-9-13-17(14-10-6-2,15-11-7-3)16-12-8-4/h3-11,16-18,21,28H,12H2,1-2H3,(H,25,29)(H,26,33)(H,31,32);5-16H2,1-4H3/q;+1/p-1/t16?,17-,18+,21-;/m1./s1. The maximum Gasteiger partial charge on any atom is 0.408 e. The van der Waals surface area contributed by atoms with E-state index < -0.39 is 52.1 Å². The molecule has 1 unspecified atom stereocenters. The highest BCUT2D eigenvalue weighted by Gasteiger charge is 2.62. The molecule has 11 nitrogen and oxygen atoms in total. The Morgan fingerprint density at radius 3 is 1.90 bits per heavy atom. The number of carboxylic acid groups (broad SMARTS) is 1. The topological polar surface area (TPSA) is 148 Å². The van der Waals surface area contributed by atoms with Crippen LogP contribution in [-0.4, -0.2) is 86.7 Å². The Labute approximate surface area is 314 Å². The maximum absolute atomic E-state index is 13.2. The van der Waals surface area contributed by atoms with E-state index in [9.17, 15) is 29.4 Å². The second-order valence-corrected chi connectivity index (χ2v) is 16.2. The zero-order chi connectivity index (χ0) is 38.3. The molecule has 4 atom stereocenters. The molecular formula is C40H60N4O7S. The van der Waals surface area contributed by atoms with Crippen LogP contribution in [0.4, 0.5) is 4.79 Å². The number of quaternary nitrogens is 1. The number of rotatable bonds is 19. The van der Waals surface area contributed by atoms with Gasteiger partial charge in [-0.1, -0.05) is 102 Å². The average Bonchev–Trinajstić information content (AvgIpc) is 3.40. The number of unbranched alkanes of at least 4 members (excludes halogenated alkanes) is 4. The number of fused-ring (bicyclic) bond motifs is 1. The molecule has 2 aromatic carbocycles. The minimum Gasteiger partial charge on any atom is -0.548 e. The summed E-state index contributed by atoms with van der Waals surface area (Å²) in [5.74, 6) is -2.55. The summed E-state index contributed by atoms with van der Waals surface area (Å²) in [6.45, 7) is 18.2. The van der Waals surface area contributed by atoms with Crippen LogP contribution < -0.4 is 15.7 Å². The first kappa shape index (κ1) is 42.6. The van der Waals surface area contributed by atoms with Crippen molar-refractivity contribution in [2.24, 2.45) is 0 Å². The van der Waals surface area contributed by atoms with E-state index in [-0.39, 0.29) is 12.4 Å². The number of hydrogen-bond acceptors (Lipinski definition) is 8. The Balaban J connectivity index is 0.000000363. The summed E-state index contributed by atoms with van der Waals surface area (Å²) in [5.41, 5.74) is 0.854. The van der Waals surface area contributed by atoms with Gasteiger partial charge in [-0.05, 0) is 51.2 Å². The van der Waals surface area contributed by atoms with Crippen molar-refractivity contribution >= 4 is 35.6 Å². The number of benzene rings is 2. The van der Waals surface area contributed by atoms with Crippen molar-refractivity contribution in [3.05, 3.63) is 65.7 Å². The lowest BCUT2D eigenvalue weighted by Gasteiger charge is -2.45. The highest BCUT2D eigenvalue weighted by atomic mass is 32.2. The molecule has 0 bridgehead atoms. The maximum atomic E-state index is 13.2. The minimum absolute atomic E-state index is 0.0300. The zero-order valence-corrected chi connectivity index (χ0v) is 32.7. The molecule has 0 aromatic heterocycles. The molecule has 2 aliphatic rings. The summed E-state index contributed by atoms with van der Waals surface area (Å²) in [4.78, 5) is 51.2. The number of thioether (sulfide) groups is 1. The second kappa shape index (κ2) is 20.5. The predicted octanol–water partition coefficient (Wildman–Crippen LogP) is 5.66. The molecular weight excluding hydrogens is 681 g/mol. The van der Waals surface area contributed by atoms with Gasteiger partial charge in [-0.2, -0.15) is 0 Å². The van der Waals surface area contributed by atoms with E-state index in [4.69, 9.17) is 4.74 Å². The molecule has 2 aromatic rings. The number of amides is 3. The number of carbonyl (C=O) groups is 4. The third-order valence-electron chi connectivity index (χ3n) is 9.91. The van der Waals surface area contributed by atoms with E-state index in [1.54, 1.807) is 62.4 Å². The summed E-state index contributed by atoms with van der Waals surface area (Å²) in [6, 6.07) is 11.6. The van der Waals surface area contributed by atoms with Crippen LogP contribution in [0, 0.1) is 0 Å². The van der Waals surface area contributed by atoms with Crippen LogP contribution in [0.1, 0.15) is 110 Å². The van der Waals surface area contributed by atoms with Gasteiger partial charge in [0, 0.05) is 10.3 Å². The highest BCUT2D eigenvalue weighted by Crippen LogP contribution is 2.50. The number of alkyl carbamates (subject to hydrolysis) is 1. The predicted molar refractivity (Wildman–Crippen MR) is 203 cm³/mol. The Hall–Kier alpha value is -3.77. The number of nitrogens with one attached hydrogen (secondary N) is 2. The Kier molecular flexibility index (Phi) is 16.8. The molecule has 3 amide bonds. The highest BCUT2D eigenvalue weighted by molar-refractivity contribution is 8.01. The quantitative estimate of drug-likeness (QED) is 0.124. The first-order valence-corrected chi connectivity index (χ1v) is 19.8. The molecule has 4 rings (SSSR count). The van der Waals surface area contributed by atoms with Crippen molar-refractivity contribution in [3.63, 3.8) is 0 Å². The van der Waals surface area contributed by atoms with E-state index in [1.165, 1.54) is 105 Å². The third-order valence-corrected chi connectivity index (χ3v) is 11.5. The second-order valence-electron chi connectivity index (χ2n) is 14.4. The van der Waals surface area contributed by atoms with Crippen molar-refractivity contribution in [3.8, 4) is 5.75 Å². The monoisotopic (exact) mass is 740 g/mol. The molecule has 0 aliphatic carbocycles. The van der Waals surface area contributed by atoms with Crippen LogP contribution in [0.25, 0.3) is 0 Å². The number of ether oxygens (including phenoxy) is 1. The summed E-state index contributed by atoms with van der Waals surface area (Å²) in [5, 5.41) is 26.0. The van der Waals surface area contributed by atoms with Crippen molar-refractivity contribution in [2.75, 3.05) is 26.2 Å². The molecule has 3 N–H and O–H groups in total. The minimum atomic E-state index is -1.35. The number of phenolic OH excluding ortho intramolecular Hbond substituents is 1. The average molecular weight is 741 g/mol. The van der Waals surface area contributed by atoms with Gasteiger partial charge in [0.25, 0.3) is 0 Å². The molecule has 52 heavy (non-hydrogen) atoms. The number of carbonyl (C=O) groups excluding carboxylic acids is 4. The van der Waals surface area contributed by atoms with E-state index in [0.29, 0.717) is 11.1 Å². The molecule has 2 saturated heterocycles. The summed E-state index contributed by atoms with van der Waals surface area (Å²) >= 11 is 1.27. The van der Waals surface area contributed by atoms with E-state index in [1.807, 2.05) is 0 Å². The van der Waals surface area contributed by atoms with Crippen LogP contribution >= 0.6 is 11.8 Å². The van der Waals surface area contributed by atoms with Crippen LogP contribution in [0.5, 0.6) is 5.75 Å². The normalized spacial score (nSPS) is 19.4. The van der Waals surface area contributed by atoms with Gasteiger partial charge in [-0.3, -0.25) is 9.59 Å². The largest absolute Gasteiger partial charge is 0.548 e. The molecule has 0 radical (unpaired) electrons. The van der Waals surface area contributed by atoms with Gasteiger partial charge in [0.05, 0.1) is 38.2 Å². The van der Waals surface area contributed by atoms with Crippen molar-refractivity contribution in [2.45, 2.75) is 128 Å². The van der Waals surface area contributed by atoms with Gasteiger partial charge >= 0.3 is 6.09 Å². The van der Waals surface area contributed by atoms with Gasteiger partial charge in [-0.25, -0.2) is 4.79 Å². The van der Waals surface area contributed by atoms with Gasteiger partial charge < -0.3 is 39.8 Å².